The number of H-pyrrole nitrogens is 1. The molecule has 0 bridgehead atoms. The smallest absolute Gasteiger partial charge is 0.278 e. The molecule has 4 nitrogen and oxygen atoms in total. The highest BCUT2D eigenvalue weighted by Gasteiger charge is 2.07. The normalized spacial score (nSPS) is 11.4. The fourth-order valence-electron chi connectivity index (χ4n) is 1.19. The number of aromatic nitrogens is 2. The summed E-state index contributed by atoms with van der Waals surface area (Å²) in [5, 5.41) is 8.29. The SMILES string of the molecule is CCCCCN=Nc1c[nH]c(C)[n+]1C. The molecule has 14 heavy (non-hydrogen) atoms. The van der Waals surface area contributed by atoms with Crippen LogP contribution in [0.2, 0.25) is 0 Å². The summed E-state index contributed by atoms with van der Waals surface area (Å²) < 4.78 is 1.99. The molecule has 0 saturated heterocycles. The summed E-state index contributed by atoms with van der Waals surface area (Å²) in [4.78, 5) is 3.10. The van der Waals surface area contributed by atoms with E-state index in [-0.39, 0.29) is 0 Å². The number of aromatic amines is 1. The summed E-state index contributed by atoms with van der Waals surface area (Å²) in [5.41, 5.74) is 0. The molecule has 1 heterocycles. The molecular weight excluding hydrogens is 176 g/mol. The van der Waals surface area contributed by atoms with Crippen LogP contribution in [0.1, 0.15) is 32.0 Å². The van der Waals surface area contributed by atoms with Crippen molar-refractivity contribution >= 4 is 5.82 Å². The van der Waals surface area contributed by atoms with Crippen molar-refractivity contribution in [2.75, 3.05) is 6.54 Å². The van der Waals surface area contributed by atoms with Crippen LogP contribution in [0.3, 0.4) is 0 Å². The number of rotatable bonds is 5. The first-order valence-electron chi connectivity index (χ1n) is 5.17. The van der Waals surface area contributed by atoms with Crippen LogP contribution in [0.5, 0.6) is 0 Å². The van der Waals surface area contributed by atoms with Gasteiger partial charge < -0.3 is 0 Å². The van der Waals surface area contributed by atoms with Crippen LogP contribution in [0.15, 0.2) is 16.4 Å². The summed E-state index contributed by atoms with van der Waals surface area (Å²) >= 11 is 0. The predicted octanol–water partition coefficient (Wildman–Crippen LogP) is 2.42. The van der Waals surface area contributed by atoms with Gasteiger partial charge in [-0.25, -0.2) is 4.57 Å². The highest BCUT2D eigenvalue weighted by molar-refractivity contribution is 5.13. The summed E-state index contributed by atoms with van der Waals surface area (Å²) in [6.07, 6.45) is 5.47. The summed E-state index contributed by atoms with van der Waals surface area (Å²) in [6, 6.07) is 0. The fraction of sp³-hybridized carbons (Fsp3) is 0.700. The fourth-order valence-corrected chi connectivity index (χ4v) is 1.19. The zero-order valence-corrected chi connectivity index (χ0v) is 9.25. The maximum Gasteiger partial charge on any atom is 0.319 e. The predicted molar refractivity (Wildman–Crippen MR) is 55.6 cm³/mol. The van der Waals surface area contributed by atoms with Gasteiger partial charge in [-0.2, -0.15) is 0 Å². The van der Waals surface area contributed by atoms with Gasteiger partial charge in [0.05, 0.1) is 13.6 Å². The van der Waals surface area contributed by atoms with Crippen LogP contribution in [0.4, 0.5) is 5.82 Å². The van der Waals surface area contributed by atoms with Gasteiger partial charge >= 0.3 is 5.82 Å². The highest BCUT2D eigenvalue weighted by atomic mass is 15.2. The Balaban J connectivity index is 2.40. The minimum Gasteiger partial charge on any atom is -0.278 e. The molecule has 0 aliphatic heterocycles. The first-order chi connectivity index (χ1) is 6.75. The topological polar surface area (TPSA) is 44.4 Å². The van der Waals surface area contributed by atoms with E-state index in [2.05, 4.69) is 22.1 Å². The molecule has 1 rings (SSSR count). The van der Waals surface area contributed by atoms with E-state index < -0.39 is 0 Å². The lowest BCUT2D eigenvalue weighted by Crippen LogP contribution is -2.29. The minimum absolute atomic E-state index is 0.831. The van der Waals surface area contributed by atoms with Crippen molar-refractivity contribution in [3.63, 3.8) is 0 Å². The van der Waals surface area contributed by atoms with Crippen molar-refractivity contribution in [3.05, 3.63) is 12.0 Å². The third-order valence-electron chi connectivity index (χ3n) is 2.29. The van der Waals surface area contributed by atoms with Gasteiger partial charge in [0.25, 0.3) is 0 Å². The van der Waals surface area contributed by atoms with E-state index in [1.54, 1.807) is 0 Å². The second-order valence-electron chi connectivity index (χ2n) is 3.46. The van der Waals surface area contributed by atoms with Crippen molar-refractivity contribution in [1.82, 2.24) is 4.98 Å². The van der Waals surface area contributed by atoms with Gasteiger partial charge in [-0.05, 0) is 6.42 Å². The van der Waals surface area contributed by atoms with Crippen molar-refractivity contribution in [1.29, 1.82) is 0 Å². The van der Waals surface area contributed by atoms with E-state index in [1.165, 1.54) is 12.8 Å². The lowest BCUT2D eigenvalue weighted by molar-refractivity contribution is -0.663. The molecule has 0 aliphatic carbocycles. The molecule has 0 fully saturated rings. The molecule has 1 aromatic heterocycles. The largest absolute Gasteiger partial charge is 0.319 e. The molecule has 78 valence electrons. The molecule has 0 amide bonds. The van der Waals surface area contributed by atoms with Crippen LogP contribution in [0, 0.1) is 6.92 Å². The standard InChI is InChI=1S/C10H18N4/c1-4-5-6-7-12-13-10-8-11-9(2)14(10)3/h8H,4-7H2,1-3H3/p+1. The molecule has 0 atom stereocenters. The molecule has 0 saturated carbocycles. The van der Waals surface area contributed by atoms with Gasteiger partial charge in [0, 0.05) is 12.0 Å². The molecule has 0 aromatic carbocycles. The first-order valence-corrected chi connectivity index (χ1v) is 5.17. The lowest BCUT2D eigenvalue weighted by atomic mass is 10.3. The Kier molecular flexibility index (Phi) is 4.29. The molecule has 0 radical (unpaired) electrons. The molecule has 0 aliphatic rings. The molecular formula is C10H19N4+. The zero-order chi connectivity index (χ0) is 10.4. The van der Waals surface area contributed by atoms with Crippen molar-refractivity contribution < 1.29 is 4.57 Å². The van der Waals surface area contributed by atoms with E-state index in [9.17, 15) is 0 Å². The van der Waals surface area contributed by atoms with E-state index >= 15 is 0 Å². The van der Waals surface area contributed by atoms with E-state index in [4.69, 9.17) is 0 Å². The first kappa shape index (κ1) is 10.9. The lowest BCUT2D eigenvalue weighted by Gasteiger charge is -1.89. The van der Waals surface area contributed by atoms with Crippen LogP contribution >= 0.6 is 0 Å². The Morgan fingerprint density at radius 1 is 1.43 bits per heavy atom. The average Bonchev–Trinajstić information content (AvgIpc) is 2.49. The number of hydrogen-bond acceptors (Lipinski definition) is 2. The number of aryl methyl sites for hydroxylation is 1. The van der Waals surface area contributed by atoms with Gasteiger partial charge in [0.2, 0.25) is 0 Å². The quantitative estimate of drug-likeness (QED) is 0.426. The van der Waals surface area contributed by atoms with Crippen LogP contribution in [-0.2, 0) is 7.05 Å². The molecule has 0 spiro atoms. The van der Waals surface area contributed by atoms with E-state index in [0.717, 1.165) is 24.6 Å². The Hall–Kier alpha value is -1.19. The molecule has 1 aromatic rings. The Labute approximate surface area is 85.1 Å². The summed E-state index contributed by atoms with van der Waals surface area (Å²) in [6.45, 7) is 5.03. The number of nitrogens with one attached hydrogen (secondary N) is 1. The number of nitrogens with zero attached hydrogens (tertiary/aromatic N) is 3. The van der Waals surface area contributed by atoms with Gasteiger partial charge in [-0.15, -0.1) is 5.11 Å². The Morgan fingerprint density at radius 3 is 2.79 bits per heavy atom. The van der Waals surface area contributed by atoms with E-state index in [0.29, 0.717) is 0 Å². The van der Waals surface area contributed by atoms with Crippen molar-refractivity contribution in [3.8, 4) is 0 Å². The number of unbranched alkanes of at least 4 members (excludes halogenated alkanes) is 2. The van der Waals surface area contributed by atoms with Gasteiger partial charge in [0.15, 0.2) is 5.82 Å². The second kappa shape index (κ2) is 5.52. The van der Waals surface area contributed by atoms with Gasteiger partial charge in [-0.3, -0.25) is 4.98 Å². The van der Waals surface area contributed by atoms with Crippen molar-refractivity contribution in [2.45, 2.75) is 33.1 Å². The van der Waals surface area contributed by atoms with Gasteiger partial charge in [0.1, 0.15) is 6.20 Å². The summed E-state index contributed by atoms with van der Waals surface area (Å²) in [7, 11) is 1.98. The maximum atomic E-state index is 4.16. The second-order valence-corrected chi connectivity index (χ2v) is 3.46. The highest BCUT2D eigenvalue weighted by Crippen LogP contribution is 2.05. The third kappa shape index (κ3) is 2.94. The molecule has 4 heteroatoms. The van der Waals surface area contributed by atoms with Gasteiger partial charge in [-0.1, -0.05) is 19.8 Å². The molecule has 1 N–H and O–H groups in total. The van der Waals surface area contributed by atoms with Crippen LogP contribution in [0.25, 0.3) is 0 Å². The Morgan fingerprint density at radius 2 is 2.21 bits per heavy atom. The average molecular weight is 195 g/mol. The van der Waals surface area contributed by atoms with Crippen LogP contribution < -0.4 is 4.57 Å². The Bertz CT molecular complexity index is 301. The monoisotopic (exact) mass is 195 g/mol. The minimum atomic E-state index is 0.831. The number of azo groups is 1. The van der Waals surface area contributed by atoms with Crippen molar-refractivity contribution in [2.24, 2.45) is 17.3 Å². The maximum absolute atomic E-state index is 4.16. The summed E-state index contributed by atoms with van der Waals surface area (Å²) in [5.74, 6) is 1.98. The number of hydrogen-bond donors (Lipinski definition) is 1. The van der Waals surface area contributed by atoms with E-state index in [1.807, 2.05) is 24.7 Å². The number of imidazole rings is 1. The third-order valence-corrected chi connectivity index (χ3v) is 2.29. The molecule has 0 unspecified atom stereocenters. The zero-order valence-electron chi connectivity index (χ0n) is 9.25. The van der Waals surface area contributed by atoms with Crippen LogP contribution in [-0.4, -0.2) is 11.5 Å².